The highest BCUT2D eigenvalue weighted by Gasteiger charge is 2.48. The van der Waals surface area contributed by atoms with E-state index in [1.54, 1.807) is 7.11 Å². The summed E-state index contributed by atoms with van der Waals surface area (Å²) >= 11 is 0.992. The van der Waals surface area contributed by atoms with E-state index in [2.05, 4.69) is 4.58 Å². The Morgan fingerprint density at radius 2 is 2.15 bits per heavy atom. The molecule has 4 atom stereocenters. The van der Waals surface area contributed by atoms with E-state index in [4.69, 9.17) is 14.2 Å². The minimum Gasteiger partial charge on any atom is -0.376 e. The second-order valence-corrected chi connectivity index (χ2v) is 4.05. The zero-order valence-electron chi connectivity index (χ0n) is 7.21. The zero-order valence-corrected chi connectivity index (χ0v) is 8.03. The molecule has 2 fully saturated rings. The molecule has 13 heavy (non-hydrogen) atoms. The zero-order chi connectivity index (χ0) is 9.26. The summed E-state index contributed by atoms with van der Waals surface area (Å²) in [4.78, 5) is 10.1. The van der Waals surface area contributed by atoms with Crippen LogP contribution in [0.15, 0.2) is 4.58 Å². The molecule has 0 amide bonds. The van der Waals surface area contributed by atoms with Crippen molar-refractivity contribution in [3.63, 3.8) is 0 Å². The first-order chi connectivity index (χ1) is 6.36. The monoisotopic (exact) mass is 205 g/mol. The second-order valence-electron chi connectivity index (χ2n) is 3.09. The first-order valence-electron chi connectivity index (χ1n) is 4.11. The Kier molecular flexibility index (Phi) is 2.83. The fourth-order valence-corrected chi connectivity index (χ4v) is 2.38. The number of methoxy groups -OCH3 is 1. The molecule has 2 aliphatic rings. The Morgan fingerprint density at radius 3 is 2.85 bits per heavy atom. The molecule has 2 saturated heterocycles. The molecule has 0 aliphatic carbocycles. The Morgan fingerprint density at radius 1 is 1.38 bits per heavy atom. The van der Waals surface area contributed by atoms with E-state index in [1.807, 2.05) is 0 Å². The summed E-state index contributed by atoms with van der Waals surface area (Å²) in [5.41, 5.74) is 0. The van der Waals surface area contributed by atoms with Gasteiger partial charge in [0.2, 0.25) is 0 Å². The molecule has 0 N–H and O–H groups in total. The van der Waals surface area contributed by atoms with E-state index < -0.39 is 0 Å². The highest BCUT2D eigenvalue weighted by Crippen LogP contribution is 2.34. The van der Waals surface area contributed by atoms with E-state index in [9.17, 15) is 4.91 Å². The van der Waals surface area contributed by atoms with Gasteiger partial charge >= 0.3 is 0 Å². The van der Waals surface area contributed by atoms with E-state index in [0.29, 0.717) is 13.2 Å². The van der Waals surface area contributed by atoms with Gasteiger partial charge in [0, 0.05) is 23.6 Å². The normalized spacial score (nSPS) is 43.5. The molecule has 0 spiro atoms. The number of nitrogens with zero attached hydrogens (tertiary/aromatic N) is 1. The minimum atomic E-state index is -0.0346. The van der Waals surface area contributed by atoms with Crippen molar-refractivity contribution in [2.75, 3.05) is 20.3 Å². The molecule has 2 unspecified atom stereocenters. The molecule has 0 aromatic heterocycles. The molecule has 0 bridgehead atoms. The van der Waals surface area contributed by atoms with E-state index in [-0.39, 0.29) is 23.6 Å². The van der Waals surface area contributed by atoms with Crippen molar-refractivity contribution >= 4 is 11.9 Å². The van der Waals surface area contributed by atoms with Gasteiger partial charge in [-0.05, 0) is 0 Å². The molecular weight excluding hydrogens is 194 g/mol. The molecule has 0 aromatic carbocycles. The van der Waals surface area contributed by atoms with Crippen LogP contribution >= 0.6 is 11.9 Å². The maximum atomic E-state index is 10.1. The lowest BCUT2D eigenvalue weighted by atomic mass is 10.1. The quantitative estimate of drug-likeness (QED) is 0.498. The van der Waals surface area contributed by atoms with Gasteiger partial charge in [-0.1, -0.05) is 0 Å². The van der Waals surface area contributed by atoms with Crippen molar-refractivity contribution in [1.82, 2.24) is 0 Å². The molecule has 0 radical (unpaired) electrons. The van der Waals surface area contributed by atoms with Gasteiger partial charge in [0.15, 0.2) is 0 Å². The summed E-state index contributed by atoms with van der Waals surface area (Å²) in [6.07, 6.45) is -0.0563. The summed E-state index contributed by atoms with van der Waals surface area (Å²) in [7, 11) is 1.64. The number of nitroso groups, excluding NO2 is 1. The lowest BCUT2D eigenvalue weighted by Crippen LogP contribution is -2.31. The largest absolute Gasteiger partial charge is 0.376 e. The standard InChI is InChI=1S/C7H11NO4S/c1-10-4-2-11-7-5(13-8-9)3-12-6(4)7/h4-7H,2-3H2,1H3/t4?,5?,6-,7-/m1/s1. The van der Waals surface area contributed by atoms with Crippen molar-refractivity contribution in [1.29, 1.82) is 0 Å². The third kappa shape index (κ3) is 1.59. The number of ether oxygens (including phenoxy) is 3. The molecule has 2 heterocycles. The van der Waals surface area contributed by atoms with Crippen molar-refractivity contribution < 1.29 is 14.2 Å². The molecule has 74 valence electrons. The lowest BCUT2D eigenvalue weighted by molar-refractivity contribution is -0.00711. The summed E-state index contributed by atoms with van der Waals surface area (Å²) in [5.74, 6) is 0. The Bertz CT molecular complexity index is 203. The SMILES string of the molecule is COC1CO[C@@H]2C(SN=O)CO[C@H]12. The summed E-state index contributed by atoms with van der Waals surface area (Å²) in [6, 6.07) is 0. The average molecular weight is 205 g/mol. The van der Waals surface area contributed by atoms with Gasteiger partial charge in [0.25, 0.3) is 0 Å². The third-order valence-corrected chi connectivity index (χ3v) is 3.20. The van der Waals surface area contributed by atoms with Crippen molar-refractivity contribution in [3.05, 3.63) is 4.91 Å². The van der Waals surface area contributed by atoms with E-state index in [0.717, 1.165) is 11.9 Å². The second kappa shape index (κ2) is 3.91. The van der Waals surface area contributed by atoms with Crippen LogP contribution in [0.1, 0.15) is 0 Å². The van der Waals surface area contributed by atoms with Crippen LogP contribution in [-0.2, 0) is 14.2 Å². The highest BCUT2D eigenvalue weighted by molar-refractivity contribution is 7.98. The molecule has 2 rings (SSSR count). The predicted octanol–water partition coefficient (Wildman–Crippen LogP) is 0.582. The maximum absolute atomic E-state index is 10.1. The Hall–Kier alpha value is -0.170. The first kappa shape index (κ1) is 9.39. The van der Waals surface area contributed by atoms with Gasteiger partial charge < -0.3 is 14.2 Å². The van der Waals surface area contributed by atoms with Gasteiger partial charge in [-0.3, -0.25) is 0 Å². The number of rotatable bonds is 3. The number of hydrogen-bond donors (Lipinski definition) is 0. The van der Waals surface area contributed by atoms with Crippen LogP contribution in [0.4, 0.5) is 0 Å². The Balaban J connectivity index is 1.98. The average Bonchev–Trinajstić information content (AvgIpc) is 2.68. The Labute approximate surface area is 80.2 Å². The molecule has 6 heteroatoms. The van der Waals surface area contributed by atoms with Crippen molar-refractivity contribution in [2.45, 2.75) is 23.6 Å². The fourth-order valence-electron chi connectivity index (χ4n) is 1.78. The van der Waals surface area contributed by atoms with Crippen LogP contribution in [0.3, 0.4) is 0 Å². The summed E-state index contributed by atoms with van der Waals surface area (Å²) in [6.45, 7) is 1.06. The van der Waals surface area contributed by atoms with Gasteiger partial charge in [0.1, 0.15) is 18.3 Å². The maximum Gasteiger partial charge on any atom is 0.113 e. The van der Waals surface area contributed by atoms with E-state index in [1.165, 1.54) is 0 Å². The van der Waals surface area contributed by atoms with Gasteiger partial charge in [-0.2, -0.15) is 0 Å². The smallest absolute Gasteiger partial charge is 0.113 e. The van der Waals surface area contributed by atoms with Gasteiger partial charge in [-0.15, -0.1) is 4.91 Å². The van der Waals surface area contributed by atoms with E-state index >= 15 is 0 Å². The van der Waals surface area contributed by atoms with Crippen LogP contribution in [0, 0.1) is 4.91 Å². The summed E-state index contributed by atoms with van der Waals surface area (Å²) in [5, 5.41) is 0.0302. The fraction of sp³-hybridized carbons (Fsp3) is 1.00. The third-order valence-electron chi connectivity index (χ3n) is 2.44. The number of hydrogen-bond acceptors (Lipinski definition) is 6. The molecule has 2 aliphatic heterocycles. The minimum absolute atomic E-state index is 0.00209. The molecule has 0 saturated carbocycles. The first-order valence-corrected chi connectivity index (χ1v) is 4.95. The predicted molar refractivity (Wildman–Crippen MR) is 47.5 cm³/mol. The number of fused-ring (bicyclic) bond motifs is 1. The van der Waals surface area contributed by atoms with Crippen LogP contribution in [0.2, 0.25) is 0 Å². The molecule has 0 aromatic rings. The topological polar surface area (TPSA) is 57.1 Å². The molecule has 5 nitrogen and oxygen atoms in total. The summed E-state index contributed by atoms with van der Waals surface area (Å²) < 4.78 is 18.9. The van der Waals surface area contributed by atoms with Crippen LogP contribution in [0.5, 0.6) is 0 Å². The lowest BCUT2D eigenvalue weighted by Gasteiger charge is -2.13. The van der Waals surface area contributed by atoms with Crippen LogP contribution in [-0.4, -0.2) is 43.9 Å². The highest BCUT2D eigenvalue weighted by atomic mass is 32.2. The van der Waals surface area contributed by atoms with Gasteiger partial charge in [0.05, 0.1) is 18.5 Å². The van der Waals surface area contributed by atoms with Gasteiger partial charge in [-0.25, -0.2) is 0 Å². The van der Waals surface area contributed by atoms with Crippen molar-refractivity contribution in [3.8, 4) is 0 Å². The van der Waals surface area contributed by atoms with Crippen LogP contribution < -0.4 is 0 Å². The van der Waals surface area contributed by atoms with Crippen molar-refractivity contribution in [2.24, 2.45) is 4.58 Å². The molecular formula is C7H11NO4S. The van der Waals surface area contributed by atoms with Crippen LogP contribution in [0.25, 0.3) is 0 Å².